The van der Waals surface area contributed by atoms with Crippen LogP contribution in [0.1, 0.15) is 12.8 Å². The van der Waals surface area contributed by atoms with Crippen LogP contribution in [-0.4, -0.2) is 30.1 Å². The Morgan fingerprint density at radius 1 is 1.44 bits per heavy atom. The van der Waals surface area contributed by atoms with Crippen molar-refractivity contribution in [3.63, 3.8) is 0 Å². The predicted octanol–water partition coefficient (Wildman–Crippen LogP) is 2.67. The SMILES string of the molecule is COC(=O)C(Nc1ccc(F)cc1)C1(SC)CC1. The number of thioether (sulfide) groups is 1. The van der Waals surface area contributed by atoms with E-state index in [4.69, 9.17) is 4.74 Å². The molecule has 0 radical (unpaired) electrons. The van der Waals surface area contributed by atoms with Crippen molar-refractivity contribution in [1.82, 2.24) is 0 Å². The molecule has 0 heterocycles. The van der Waals surface area contributed by atoms with Gasteiger partial charge in [-0.2, -0.15) is 11.8 Å². The van der Waals surface area contributed by atoms with Gasteiger partial charge in [0.25, 0.3) is 0 Å². The van der Waals surface area contributed by atoms with E-state index in [-0.39, 0.29) is 22.6 Å². The Hall–Kier alpha value is -1.23. The fourth-order valence-corrected chi connectivity index (χ4v) is 2.87. The number of halogens is 1. The number of rotatable bonds is 5. The Labute approximate surface area is 110 Å². The molecule has 1 saturated carbocycles. The maximum Gasteiger partial charge on any atom is 0.329 e. The van der Waals surface area contributed by atoms with Crippen molar-refractivity contribution in [2.24, 2.45) is 0 Å². The maximum absolute atomic E-state index is 12.8. The number of carbonyl (C=O) groups is 1. The average Bonchev–Trinajstić information content (AvgIpc) is 3.18. The van der Waals surface area contributed by atoms with Crippen molar-refractivity contribution in [2.45, 2.75) is 23.6 Å². The smallest absolute Gasteiger partial charge is 0.329 e. The van der Waals surface area contributed by atoms with Crippen LogP contribution in [0.3, 0.4) is 0 Å². The van der Waals surface area contributed by atoms with Crippen molar-refractivity contribution in [3.05, 3.63) is 30.1 Å². The minimum atomic E-state index is -0.386. The summed E-state index contributed by atoms with van der Waals surface area (Å²) in [4.78, 5) is 11.9. The standard InChI is InChI=1S/C13H16FNO2S/c1-17-12(16)11(13(18-2)7-8-13)15-10-5-3-9(14)4-6-10/h3-6,11,15H,7-8H2,1-2H3. The summed E-state index contributed by atoms with van der Waals surface area (Å²) in [7, 11) is 1.39. The normalized spacial score (nSPS) is 17.9. The van der Waals surface area contributed by atoms with E-state index in [2.05, 4.69) is 5.32 Å². The first-order valence-corrected chi connectivity index (χ1v) is 6.99. The highest BCUT2D eigenvalue weighted by Gasteiger charge is 2.52. The molecule has 1 N–H and O–H groups in total. The van der Waals surface area contributed by atoms with Gasteiger partial charge in [-0.1, -0.05) is 0 Å². The molecule has 0 amide bonds. The van der Waals surface area contributed by atoms with E-state index >= 15 is 0 Å². The van der Waals surface area contributed by atoms with E-state index in [1.165, 1.54) is 19.2 Å². The quantitative estimate of drug-likeness (QED) is 0.834. The Kier molecular flexibility index (Phi) is 3.80. The Balaban J connectivity index is 2.15. The monoisotopic (exact) mass is 269 g/mol. The van der Waals surface area contributed by atoms with Gasteiger partial charge in [0, 0.05) is 10.4 Å². The van der Waals surface area contributed by atoms with Crippen LogP contribution in [-0.2, 0) is 9.53 Å². The first-order chi connectivity index (χ1) is 8.61. The molecule has 18 heavy (non-hydrogen) atoms. The largest absolute Gasteiger partial charge is 0.467 e. The van der Waals surface area contributed by atoms with Crippen LogP contribution in [0, 0.1) is 5.82 Å². The molecule has 1 aromatic carbocycles. The van der Waals surface area contributed by atoms with Crippen molar-refractivity contribution in [1.29, 1.82) is 0 Å². The fraction of sp³-hybridized carbons (Fsp3) is 0.462. The Morgan fingerprint density at radius 2 is 2.06 bits per heavy atom. The van der Waals surface area contributed by atoms with Gasteiger partial charge >= 0.3 is 5.97 Å². The zero-order valence-electron chi connectivity index (χ0n) is 10.4. The van der Waals surface area contributed by atoms with Gasteiger partial charge in [0.2, 0.25) is 0 Å². The lowest BCUT2D eigenvalue weighted by molar-refractivity contribution is -0.141. The molecule has 2 rings (SSSR count). The third kappa shape index (κ3) is 2.61. The van der Waals surface area contributed by atoms with Crippen LogP contribution in [0.2, 0.25) is 0 Å². The molecule has 0 aliphatic heterocycles. The van der Waals surface area contributed by atoms with E-state index in [9.17, 15) is 9.18 Å². The van der Waals surface area contributed by atoms with Gasteiger partial charge in [0.15, 0.2) is 0 Å². The highest BCUT2D eigenvalue weighted by molar-refractivity contribution is 8.00. The molecule has 0 aromatic heterocycles. The average molecular weight is 269 g/mol. The summed E-state index contributed by atoms with van der Waals surface area (Å²) in [5.41, 5.74) is 0.729. The molecular weight excluding hydrogens is 253 g/mol. The van der Waals surface area contributed by atoms with Crippen molar-refractivity contribution < 1.29 is 13.9 Å². The van der Waals surface area contributed by atoms with Crippen LogP contribution in [0.15, 0.2) is 24.3 Å². The lowest BCUT2D eigenvalue weighted by atomic mass is 10.1. The van der Waals surface area contributed by atoms with Crippen LogP contribution in [0.4, 0.5) is 10.1 Å². The zero-order chi connectivity index (χ0) is 13.2. The molecule has 1 aromatic rings. The Bertz CT molecular complexity index is 431. The summed E-state index contributed by atoms with van der Waals surface area (Å²) in [6.07, 6.45) is 3.97. The zero-order valence-corrected chi connectivity index (χ0v) is 11.2. The molecular formula is C13H16FNO2S. The van der Waals surface area contributed by atoms with Crippen molar-refractivity contribution in [3.8, 4) is 0 Å². The van der Waals surface area contributed by atoms with Crippen LogP contribution in [0.5, 0.6) is 0 Å². The number of carbonyl (C=O) groups excluding carboxylic acids is 1. The van der Waals surface area contributed by atoms with Gasteiger partial charge < -0.3 is 10.1 Å². The lowest BCUT2D eigenvalue weighted by Crippen LogP contribution is -2.41. The number of hydrogen-bond acceptors (Lipinski definition) is 4. The first-order valence-electron chi connectivity index (χ1n) is 5.76. The summed E-state index contributed by atoms with van der Waals surface area (Å²) < 4.78 is 17.6. The van der Waals surface area contributed by atoms with Crippen molar-refractivity contribution >= 4 is 23.4 Å². The third-order valence-corrected chi connectivity index (χ3v) is 4.72. The molecule has 1 fully saturated rings. The predicted molar refractivity (Wildman–Crippen MR) is 71.3 cm³/mol. The molecule has 1 aliphatic carbocycles. The minimum absolute atomic E-state index is 0.0819. The van der Waals surface area contributed by atoms with Gasteiger partial charge in [0.1, 0.15) is 11.9 Å². The van der Waals surface area contributed by atoms with Gasteiger partial charge in [-0.25, -0.2) is 9.18 Å². The molecule has 98 valence electrons. The number of anilines is 1. The first kappa shape index (κ1) is 13.2. The maximum atomic E-state index is 12.8. The van der Waals surface area contributed by atoms with E-state index in [0.717, 1.165) is 18.5 Å². The molecule has 0 bridgehead atoms. The number of benzene rings is 1. The minimum Gasteiger partial charge on any atom is -0.467 e. The lowest BCUT2D eigenvalue weighted by Gasteiger charge is -2.25. The summed E-state index contributed by atoms with van der Waals surface area (Å²) in [6.45, 7) is 0. The van der Waals surface area contributed by atoms with Crippen LogP contribution in [0.25, 0.3) is 0 Å². The van der Waals surface area contributed by atoms with Crippen molar-refractivity contribution in [2.75, 3.05) is 18.7 Å². The summed E-state index contributed by atoms with van der Waals surface area (Å²) >= 11 is 1.67. The fourth-order valence-electron chi connectivity index (χ4n) is 1.97. The number of methoxy groups -OCH3 is 1. The summed E-state index contributed by atoms with van der Waals surface area (Å²) in [6, 6.07) is 5.61. The second kappa shape index (κ2) is 5.18. The summed E-state index contributed by atoms with van der Waals surface area (Å²) in [5, 5.41) is 3.15. The molecule has 1 unspecified atom stereocenters. The topological polar surface area (TPSA) is 38.3 Å². The second-order valence-corrected chi connectivity index (χ2v) is 5.60. The van der Waals surface area contributed by atoms with Gasteiger partial charge in [-0.05, 0) is 43.4 Å². The number of hydrogen-bond donors (Lipinski definition) is 1. The van der Waals surface area contributed by atoms with E-state index in [0.29, 0.717) is 0 Å². The van der Waals surface area contributed by atoms with Crippen LogP contribution >= 0.6 is 11.8 Å². The second-order valence-electron chi connectivity index (χ2n) is 4.38. The molecule has 1 atom stereocenters. The highest BCUT2D eigenvalue weighted by atomic mass is 32.2. The van der Waals surface area contributed by atoms with Gasteiger partial charge in [-0.15, -0.1) is 0 Å². The van der Waals surface area contributed by atoms with Gasteiger partial charge in [-0.3, -0.25) is 0 Å². The van der Waals surface area contributed by atoms with Gasteiger partial charge in [0.05, 0.1) is 7.11 Å². The van der Waals surface area contributed by atoms with E-state index in [1.54, 1.807) is 23.9 Å². The molecule has 1 aliphatic rings. The number of nitrogens with one attached hydrogen (secondary N) is 1. The molecule has 0 saturated heterocycles. The van der Waals surface area contributed by atoms with E-state index < -0.39 is 0 Å². The number of ether oxygens (including phenoxy) is 1. The highest BCUT2D eigenvalue weighted by Crippen LogP contribution is 2.51. The van der Waals surface area contributed by atoms with E-state index in [1.807, 2.05) is 6.26 Å². The molecule has 0 spiro atoms. The summed E-state index contributed by atoms with van der Waals surface area (Å²) in [5.74, 6) is -0.563. The molecule has 5 heteroatoms. The molecule has 3 nitrogen and oxygen atoms in total. The number of esters is 1. The van der Waals surface area contributed by atoms with Crippen LogP contribution < -0.4 is 5.32 Å². The Morgan fingerprint density at radius 3 is 2.50 bits per heavy atom. The third-order valence-electron chi connectivity index (χ3n) is 3.27.